The van der Waals surface area contributed by atoms with Gasteiger partial charge in [0.05, 0.1) is 17.6 Å². The Kier molecular flexibility index (Phi) is 19.0. The Bertz CT molecular complexity index is 942. The molecule has 2 unspecified atom stereocenters. The zero-order valence-corrected chi connectivity index (χ0v) is 26.2. The van der Waals surface area contributed by atoms with Crippen molar-refractivity contribution in [3.8, 4) is 5.69 Å². The molecule has 2 atom stereocenters. The largest absolute Gasteiger partial charge is 0.356 e. The van der Waals surface area contributed by atoms with Gasteiger partial charge in [0.2, 0.25) is 5.91 Å². The summed E-state index contributed by atoms with van der Waals surface area (Å²) in [5.74, 6) is -0.0909. The fourth-order valence-electron chi connectivity index (χ4n) is 4.14. The molecule has 1 aromatic carbocycles. The minimum absolute atomic E-state index is 0.0909. The molecular weight excluding hydrogens is 499 g/mol. The summed E-state index contributed by atoms with van der Waals surface area (Å²) in [4.78, 5) is 19.7. The van der Waals surface area contributed by atoms with E-state index in [1.165, 1.54) is 49.2 Å². The summed E-state index contributed by atoms with van der Waals surface area (Å²) >= 11 is 1.61. The predicted molar refractivity (Wildman–Crippen MR) is 166 cm³/mol. The van der Waals surface area contributed by atoms with Gasteiger partial charge in [-0.15, -0.1) is 9.24 Å². The molecule has 2 aliphatic rings. The van der Waals surface area contributed by atoms with E-state index in [1.807, 2.05) is 41.0 Å². The van der Waals surface area contributed by atoms with Gasteiger partial charge < -0.3 is 10.1 Å². The molecular formula is C29H49N4O2PS. The number of aldehydes is 1. The van der Waals surface area contributed by atoms with Crippen LogP contribution in [0.5, 0.6) is 0 Å². The molecule has 0 aliphatic heterocycles. The smallest absolute Gasteiger partial charge is 0.216 e. The summed E-state index contributed by atoms with van der Waals surface area (Å²) in [5, 5.41) is 8.33. The van der Waals surface area contributed by atoms with E-state index in [0.717, 1.165) is 18.4 Å². The van der Waals surface area contributed by atoms with Gasteiger partial charge in [-0.3, -0.25) is 9.52 Å². The van der Waals surface area contributed by atoms with Crippen LogP contribution in [0, 0.1) is 5.41 Å². The Labute approximate surface area is 232 Å². The molecule has 0 saturated heterocycles. The third-order valence-electron chi connectivity index (χ3n) is 5.96. The van der Waals surface area contributed by atoms with Crippen molar-refractivity contribution < 1.29 is 9.59 Å². The van der Waals surface area contributed by atoms with Crippen LogP contribution in [0.3, 0.4) is 0 Å². The summed E-state index contributed by atoms with van der Waals surface area (Å²) in [6.07, 6.45) is 14.1. The maximum Gasteiger partial charge on any atom is 0.216 e. The SMILES string of the molecule is CC.CC.CC(=O)NCCC=O.CC12CCCCC1=Cc1c(cnn1-c1ccc(P)cc1)C2.CNSC. The molecule has 0 bridgehead atoms. The van der Waals surface area contributed by atoms with Crippen molar-refractivity contribution in [2.45, 2.75) is 80.1 Å². The number of aromatic nitrogens is 2. The molecule has 4 rings (SSSR count). The van der Waals surface area contributed by atoms with Gasteiger partial charge in [-0.2, -0.15) is 5.10 Å². The zero-order valence-electron chi connectivity index (χ0n) is 24.2. The second-order valence-corrected chi connectivity index (χ2v) is 10.0. The van der Waals surface area contributed by atoms with E-state index < -0.39 is 0 Å². The molecule has 1 fully saturated rings. The summed E-state index contributed by atoms with van der Waals surface area (Å²) in [5.41, 5.74) is 5.85. The number of fused-ring (bicyclic) bond motifs is 2. The van der Waals surface area contributed by atoms with Crippen LogP contribution in [-0.2, 0) is 16.0 Å². The maximum absolute atomic E-state index is 10.1. The number of hydrogen-bond donors (Lipinski definition) is 2. The van der Waals surface area contributed by atoms with Gasteiger partial charge in [-0.1, -0.05) is 70.7 Å². The summed E-state index contributed by atoms with van der Waals surface area (Å²) in [6.45, 7) is 12.3. The number of nitrogens with one attached hydrogen (secondary N) is 2. The molecule has 1 aromatic heterocycles. The molecule has 208 valence electrons. The van der Waals surface area contributed by atoms with Crippen LogP contribution in [0.4, 0.5) is 0 Å². The van der Waals surface area contributed by atoms with Gasteiger partial charge in [0.25, 0.3) is 0 Å². The Morgan fingerprint density at radius 3 is 2.35 bits per heavy atom. The normalized spacial score (nSPS) is 16.6. The molecule has 0 radical (unpaired) electrons. The van der Waals surface area contributed by atoms with Crippen molar-refractivity contribution in [1.29, 1.82) is 0 Å². The van der Waals surface area contributed by atoms with E-state index in [1.54, 1.807) is 17.5 Å². The molecule has 2 N–H and O–H groups in total. The molecule has 2 aromatic rings. The summed E-state index contributed by atoms with van der Waals surface area (Å²) < 4.78 is 4.95. The van der Waals surface area contributed by atoms with Crippen molar-refractivity contribution >= 4 is 44.8 Å². The highest BCUT2D eigenvalue weighted by Gasteiger charge is 2.36. The fourth-order valence-corrected chi connectivity index (χ4v) is 4.33. The molecule has 0 spiro atoms. The van der Waals surface area contributed by atoms with Gasteiger partial charge in [0, 0.05) is 19.9 Å². The summed E-state index contributed by atoms with van der Waals surface area (Å²) in [6, 6.07) is 8.52. The number of hydrogen-bond acceptors (Lipinski definition) is 5. The van der Waals surface area contributed by atoms with Crippen LogP contribution >= 0.6 is 21.2 Å². The lowest BCUT2D eigenvalue weighted by molar-refractivity contribution is -0.119. The Hall–Kier alpha value is -1.95. The lowest BCUT2D eigenvalue weighted by Gasteiger charge is -2.39. The molecule has 37 heavy (non-hydrogen) atoms. The number of carbonyl (C=O) groups excluding carboxylic acids is 2. The van der Waals surface area contributed by atoms with E-state index in [0.29, 0.717) is 18.4 Å². The highest BCUT2D eigenvalue weighted by molar-refractivity contribution is 7.96. The van der Waals surface area contributed by atoms with Crippen LogP contribution < -0.4 is 15.3 Å². The Morgan fingerprint density at radius 1 is 1.19 bits per heavy atom. The van der Waals surface area contributed by atoms with E-state index in [4.69, 9.17) is 0 Å². The van der Waals surface area contributed by atoms with Gasteiger partial charge in [-0.05, 0) is 73.5 Å². The highest BCUT2D eigenvalue weighted by Crippen LogP contribution is 2.47. The Morgan fingerprint density at radius 2 is 1.81 bits per heavy atom. The fraction of sp³-hybridized carbons (Fsp3) is 0.552. The number of amides is 1. The van der Waals surface area contributed by atoms with Gasteiger partial charge in [0.15, 0.2) is 0 Å². The van der Waals surface area contributed by atoms with Crippen LogP contribution in [-0.4, -0.2) is 41.8 Å². The zero-order chi connectivity index (χ0) is 28.3. The van der Waals surface area contributed by atoms with E-state index >= 15 is 0 Å². The third kappa shape index (κ3) is 12.0. The third-order valence-corrected chi connectivity index (χ3v) is 6.75. The maximum atomic E-state index is 10.1. The minimum Gasteiger partial charge on any atom is -0.356 e. The first kappa shape index (κ1) is 35.0. The first-order valence-corrected chi connectivity index (χ1v) is 15.2. The van der Waals surface area contributed by atoms with Crippen molar-refractivity contribution in [3.05, 3.63) is 47.3 Å². The first-order chi connectivity index (χ1) is 17.8. The van der Waals surface area contributed by atoms with Crippen LogP contribution in [0.15, 0.2) is 36.0 Å². The van der Waals surface area contributed by atoms with E-state index in [9.17, 15) is 9.59 Å². The van der Waals surface area contributed by atoms with Crippen molar-refractivity contribution in [1.82, 2.24) is 19.8 Å². The number of rotatable bonds is 5. The molecule has 2 aliphatic carbocycles. The van der Waals surface area contributed by atoms with Crippen LogP contribution in [0.1, 0.15) is 84.9 Å². The van der Waals surface area contributed by atoms with Gasteiger partial charge in [0.1, 0.15) is 6.29 Å². The predicted octanol–water partition coefficient (Wildman–Crippen LogP) is 6.14. The highest BCUT2D eigenvalue weighted by atomic mass is 32.2. The number of benzene rings is 1. The van der Waals surface area contributed by atoms with E-state index in [2.05, 4.69) is 72.5 Å². The molecule has 1 saturated carbocycles. The number of nitrogens with zero attached hydrogens (tertiary/aromatic N) is 2. The quantitative estimate of drug-likeness (QED) is 0.203. The standard InChI is InChI=1S/C18H21N2P.C5H9NO2.C2H7NS.2C2H6/c1-18-9-3-2-4-14(18)10-17-13(11-18)12-19-20(17)15-5-7-16(21)8-6-15;1-5(8)6-3-2-4-7;1-3-4-2;2*1-2/h5-8,10,12H,2-4,9,11,21H2,1H3;4H,2-3H2,1H3,(H,6,8);3H,1-2H3;2*1-2H3. The van der Waals surface area contributed by atoms with Crippen molar-refractivity contribution in [3.63, 3.8) is 0 Å². The molecule has 8 heteroatoms. The second kappa shape index (κ2) is 20.1. The molecule has 6 nitrogen and oxygen atoms in total. The van der Waals surface area contributed by atoms with Crippen molar-refractivity contribution in [2.75, 3.05) is 19.8 Å². The lowest BCUT2D eigenvalue weighted by Crippen LogP contribution is -2.28. The monoisotopic (exact) mass is 548 g/mol. The second-order valence-electron chi connectivity index (χ2n) is 8.52. The topological polar surface area (TPSA) is 76.0 Å². The lowest BCUT2D eigenvalue weighted by atomic mass is 9.66. The molecule has 1 heterocycles. The van der Waals surface area contributed by atoms with Crippen LogP contribution in [0.25, 0.3) is 11.8 Å². The molecule has 1 amide bonds. The van der Waals surface area contributed by atoms with Gasteiger partial charge >= 0.3 is 0 Å². The minimum atomic E-state index is -0.0909. The first-order valence-electron chi connectivity index (χ1n) is 13.4. The number of allylic oxidation sites excluding steroid dienone is 1. The summed E-state index contributed by atoms with van der Waals surface area (Å²) in [7, 11) is 4.63. The van der Waals surface area contributed by atoms with Crippen LogP contribution in [0.2, 0.25) is 0 Å². The number of carbonyl (C=O) groups is 2. The Balaban J connectivity index is 0.000000680. The average Bonchev–Trinajstić information content (AvgIpc) is 3.32. The van der Waals surface area contributed by atoms with Gasteiger partial charge in [-0.25, -0.2) is 4.68 Å². The average molecular weight is 549 g/mol. The van der Waals surface area contributed by atoms with E-state index in [-0.39, 0.29) is 5.91 Å². The van der Waals surface area contributed by atoms with Crippen molar-refractivity contribution in [2.24, 2.45) is 5.41 Å².